The molecule has 1 aliphatic carbocycles. The van der Waals surface area contributed by atoms with E-state index in [1.807, 2.05) is 0 Å². The Bertz CT molecular complexity index is 1240. The highest BCUT2D eigenvalue weighted by atomic mass is 31.2. The standard InChI is InChI=1S/C48H85O12P/c1-3-5-7-9-11-13-15-17-18-19-20-21-22-23-24-25-26-28-30-32-34-36-38-57-39-41(59-42(49)37-35-33-31-29-27-16-14-12-10-8-6-4-2)40-58-61(55,56)60-48-46(53)44(51)43(50)45(52)47(48)54/h5,7,11-14,17-18,20-21,41,43-48,50-54H,3-4,6,8-10,15-16,19,22-40H2,1-2H3,(H,55,56)/b7-5-,13-11-,14-12-,18-17-,21-20-. The van der Waals surface area contributed by atoms with Crippen molar-refractivity contribution >= 4 is 13.8 Å². The summed E-state index contributed by atoms with van der Waals surface area (Å²) >= 11 is 0. The molecule has 61 heavy (non-hydrogen) atoms. The topological polar surface area (TPSA) is 192 Å². The first-order chi connectivity index (χ1) is 29.5. The van der Waals surface area contributed by atoms with Gasteiger partial charge in [0, 0.05) is 13.0 Å². The summed E-state index contributed by atoms with van der Waals surface area (Å²) in [4.78, 5) is 23.1. The van der Waals surface area contributed by atoms with Gasteiger partial charge in [0.15, 0.2) is 0 Å². The number of aliphatic hydroxyl groups is 5. The van der Waals surface area contributed by atoms with Crippen molar-refractivity contribution in [1.29, 1.82) is 0 Å². The Morgan fingerprint density at radius 3 is 1.49 bits per heavy atom. The predicted octanol–water partition coefficient (Wildman–Crippen LogP) is 9.81. The zero-order valence-corrected chi connectivity index (χ0v) is 38.6. The van der Waals surface area contributed by atoms with Crippen LogP contribution in [0, 0.1) is 0 Å². The second-order valence-electron chi connectivity index (χ2n) is 16.2. The number of allylic oxidation sites excluding steroid dienone is 10. The molecule has 0 amide bonds. The number of ether oxygens (including phenoxy) is 2. The van der Waals surface area contributed by atoms with E-state index in [0.29, 0.717) is 13.0 Å². The molecule has 1 fully saturated rings. The highest BCUT2D eigenvalue weighted by Gasteiger charge is 2.51. The Balaban J connectivity index is 2.35. The minimum absolute atomic E-state index is 0.0864. The first-order valence-corrected chi connectivity index (χ1v) is 25.1. The molecule has 0 radical (unpaired) electrons. The van der Waals surface area contributed by atoms with Gasteiger partial charge in [-0.25, -0.2) is 4.57 Å². The maximum Gasteiger partial charge on any atom is 0.472 e. The van der Waals surface area contributed by atoms with Crippen LogP contribution in [-0.2, 0) is 27.9 Å². The zero-order chi connectivity index (χ0) is 44.8. The summed E-state index contributed by atoms with van der Waals surface area (Å²) in [7, 11) is -5.02. The van der Waals surface area contributed by atoms with E-state index in [4.69, 9.17) is 18.5 Å². The summed E-state index contributed by atoms with van der Waals surface area (Å²) in [5, 5.41) is 50.2. The van der Waals surface area contributed by atoms with E-state index in [1.165, 1.54) is 51.4 Å². The van der Waals surface area contributed by atoms with Crippen LogP contribution in [0.1, 0.15) is 174 Å². The number of hydrogen-bond donors (Lipinski definition) is 6. The van der Waals surface area contributed by atoms with Crippen molar-refractivity contribution in [3.8, 4) is 0 Å². The SMILES string of the molecule is CC/C=C\C/C=C\C/C=C\C/C=C\CCCCCCCCCCCOCC(COP(=O)(O)OC1C(O)C(O)C(O)C(O)C1O)OC(=O)CCCCCCC/C=C\CCCCC. The smallest absolute Gasteiger partial charge is 0.457 e. The number of rotatable bonds is 39. The van der Waals surface area contributed by atoms with Gasteiger partial charge >= 0.3 is 13.8 Å². The molecule has 1 aliphatic rings. The normalized spacial score (nSPS) is 22.7. The van der Waals surface area contributed by atoms with Gasteiger partial charge in [0.1, 0.15) is 42.7 Å². The number of phosphoric ester groups is 1. The van der Waals surface area contributed by atoms with Gasteiger partial charge in [-0.15, -0.1) is 0 Å². The molecule has 12 nitrogen and oxygen atoms in total. The van der Waals surface area contributed by atoms with Crippen molar-refractivity contribution in [3.05, 3.63) is 60.8 Å². The molecule has 0 aliphatic heterocycles. The Morgan fingerprint density at radius 1 is 0.541 bits per heavy atom. The average Bonchev–Trinajstić information content (AvgIpc) is 3.24. The Kier molecular flexibility index (Phi) is 36.0. The maximum atomic E-state index is 12.8. The molecule has 13 heteroatoms. The lowest BCUT2D eigenvalue weighted by Crippen LogP contribution is -2.64. The molecule has 0 heterocycles. The summed E-state index contributed by atoms with van der Waals surface area (Å²) in [5.74, 6) is -0.492. The number of carbonyl (C=O) groups excluding carboxylic acids is 1. The van der Waals surface area contributed by atoms with Gasteiger partial charge in [0.05, 0.1) is 13.2 Å². The van der Waals surface area contributed by atoms with Gasteiger partial charge in [0.2, 0.25) is 0 Å². The largest absolute Gasteiger partial charge is 0.472 e. The molecular weight excluding hydrogens is 799 g/mol. The van der Waals surface area contributed by atoms with Gasteiger partial charge in [0.25, 0.3) is 0 Å². The van der Waals surface area contributed by atoms with E-state index in [9.17, 15) is 39.8 Å². The van der Waals surface area contributed by atoms with Crippen LogP contribution in [0.25, 0.3) is 0 Å². The summed E-state index contributed by atoms with van der Waals surface area (Å²) in [5.41, 5.74) is 0. The minimum Gasteiger partial charge on any atom is -0.457 e. The monoisotopic (exact) mass is 885 g/mol. The van der Waals surface area contributed by atoms with Crippen molar-refractivity contribution in [2.75, 3.05) is 19.8 Å². The molecule has 0 bridgehead atoms. The molecular formula is C48H85O12P. The third kappa shape index (κ3) is 30.7. The van der Waals surface area contributed by atoms with Crippen LogP contribution >= 0.6 is 7.82 Å². The van der Waals surface area contributed by atoms with Gasteiger partial charge in [-0.1, -0.05) is 152 Å². The highest BCUT2D eigenvalue weighted by molar-refractivity contribution is 7.47. The Morgan fingerprint density at radius 2 is 0.967 bits per heavy atom. The molecule has 0 aromatic carbocycles. The molecule has 6 atom stereocenters. The second-order valence-corrected chi connectivity index (χ2v) is 17.6. The third-order valence-corrected chi connectivity index (χ3v) is 11.6. The number of aliphatic hydroxyl groups excluding tert-OH is 5. The molecule has 0 spiro atoms. The fourth-order valence-corrected chi connectivity index (χ4v) is 7.84. The van der Waals surface area contributed by atoms with E-state index in [2.05, 4.69) is 74.6 Å². The average molecular weight is 885 g/mol. The van der Waals surface area contributed by atoms with E-state index in [0.717, 1.165) is 96.3 Å². The van der Waals surface area contributed by atoms with Crippen molar-refractivity contribution in [2.24, 2.45) is 0 Å². The maximum absolute atomic E-state index is 12.8. The molecule has 0 saturated heterocycles. The lowest BCUT2D eigenvalue weighted by Gasteiger charge is -2.41. The molecule has 1 rings (SSSR count). The zero-order valence-electron chi connectivity index (χ0n) is 37.7. The summed E-state index contributed by atoms with van der Waals surface area (Å²) in [6.45, 7) is 4.09. The lowest BCUT2D eigenvalue weighted by atomic mass is 9.85. The second kappa shape index (κ2) is 38.5. The third-order valence-electron chi connectivity index (χ3n) is 10.6. The van der Waals surface area contributed by atoms with Gasteiger partial charge in [-0.2, -0.15) is 0 Å². The fourth-order valence-electron chi connectivity index (χ4n) is 6.87. The molecule has 6 N–H and O–H groups in total. The van der Waals surface area contributed by atoms with Crippen LogP contribution < -0.4 is 0 Å². The van der Waals surface area contributed by atoms with Crippen molar-refractivity contribution in [1.82, 2.24) is 0 Å². The summed E-state index contributed by atoms with van der Waals surface area (Å²) < 4.78 is 34.2. The van der Waals surface area contributed by atoms with Crippen LogP contribution in [0.4, 0.5) is 0 Å². The van der Waals surface area contributed by atoms with Gasteiger partial charge < -0.3 is 39.9 Å². The lowest BCUT2D eigenvalue weighted by molar-refractivity contribution is -0.220. The van der Waals surface area contributed by atoms with E-state index in [1.54, 1.807) is 0 Å². The summed E-state index contributed by atoms with van der Waals surface area (Å²) in [6.07, 6.45) is 35.8. The van der Waals surface area contributed by atoms with Crippen LogP contribution in [0.3, 0.4) is 0 Å². The van der Waals surface area contributed by atoms with E-state index < -0.39 is 63.1 Å². The van der Waals surface area contributed by atoms with Crippen LogP contribution in [0.5, 0.6) is 0 Å². The van der Waals surface area contributed by atoms with Gasteiger partial charge in [-0.3, -0.25) is 13.8 Å². The van der Waals surface area contributed by atoms with Crippen LogP contribution in [0.2, 0.25) is 0 Å². The van der Waals surface area contributed by atoms with E-state index >= 15 is 0 Å². The highest BCUT2D eigenvalue weighted by Crippen LogP contribution is 2.47. The molecule has 1 saturated carbocycles. The molecule has 0 aromatic heterocycles. The van der Waals surface area contributed by atoms with Crippen molar-refractivity contribution in [2.45, 2.75) is 217 Å². The predicted molar refractivity (Wildman–Crippen MR) is 244 cm³/mol. The molecule has 0 aromatic rings. The Labute approximate surface area is 368 Å². The quantitative estimate of drug-likeness (QED) is 0.0148. The van der Waals surface area contributed by atoms with Gasteiger partial charge in [-0.05, 0) is 77.0 Å². The number of unbranched alkanes of at least 4 members (excludes halogenated alkanes) is 17. The first-order valence-electron chi connectivity index (χ1n) is 23.6. The van der Waals surface area contributed by atoms with E-state index in [-0.39, 0.29) is 13.0 Å². The summed E-state index contributed by atoms with van der Waals surface area (Å²) in [6, 6.07) is 0. The number of carbonyl (C=O) groups is 1. The molecule has 6 unspecified atom stereocenters. The number of phosphoric acid groups is 1. The van der Waals surface area contributed by atoms with Crippen LogP contribution in [-0.4, -0.2) is 98.9 Å². The number of esters is 1. The fraction of sp³-hybridized carbons (Fsp3) is 0.771. The van der Waals surface area contributed by atoms with Crippen molar-refractivity contribution in [3.63, 3.8) is 0 Å². The van der Waals surface area contributed by atoms with Crippen molar-refractivity contribution < 1.29 is 58.3 Å². The first kappa shape index (κ1) is 57.1. The number of hydrogen-bond acceptors (Lipinski definition) is 11. The minimum atomic E-state index is -5.02. The Hall–Kier alpha value is -1.96. The van der Waals surface area contributed by atoms with Crippen LogP contribution in [0.15, 0.2) is 60.8 Å². The molecule has 354 valence electrons.